The van der Waals surface area contributed by atoms with Crippen LogP contribution in [0.25, 0.3) is 6.08 Å². The molecule has 0 aromatic heterocycles. The Morgan fingerprint density at radius 1 is 1.06 bits per heavy atom. The molecule has 1 aliphatic carbocycles. The van der Waals surface area contributed by atoms with Gasteiger partial charge in [0.15, 0.2) is 0 Å². The standard InChI is InChI=1S/C14H14NOS/c17-14-10-12-4-2-1-3-11(12)9-13(14)15-5-7-16-8-6-15/h1-4,9-10H,5-8H2. The Morgan fingerprint density at radius 2 is 1.76 bits per heavy atom. The Balaban J connectivity index is 1.94. The van der Waals surface area contributed by atoms with E-state index in [0.29, 0.717) is 0 Å². The summed E-state index contributed by atoms with van der Waals surface area (Å²) < 4.78 is 5.37. The number of ether oxygens (including phenoxy) is 1. The highest BCUT2D eigenvalue weighted by Gasteiger charge is 2.21. The van der Waals surface area contributed by atoms with Crippen molar-refractivity contribution in [2.75, 3.05) is 26.3 Å². The lowest BCUT2D eigenvalue weighted by molar-refractivity contribution is 0.0570. The zero-order chi connectivity index (χ0) is 11.7. The highest BCUT2D eigenvalue weighted by molar-refractivity contribution is 7.81. The summed E-state index contributed by atoms with van der Waals surface area (Å²) in [5.74, 6) is 0. The second-order valence-electron chi connectivity index (χ2n) is 4.27. The van der Waals surface area contributed by atoms with Gasteiger partial charge in [-0.15, -0.1) is 0 Å². The molecule has 1 aromatic carbocycles. The molecular weight excluding hydrogens is 230 g/mol. The van der Waals surface area contributed by atoms with Gasteiger partial charge in [-0.3, -0.25) is 0 Å². The van der Waals surface area contributed by atoms with Gasteiger partial charge in [0.1, 0.15) is 0 Å². The van der Waals surface area contributed by atoms with Crippen LogP contribution in [-0.2, 0) is 4.74 Å². The fourth-order valence-electron chi connectivity index (χ4n) is 2.26. The smallest absolute Gasteiger partial charge is 0.0642 e. The number of allylic oxidation sites excluding steroid dienone is 1. The van der Waals surface area contributed by atoms with Crippen LogP contribution >= 0.6 is 12.2 Å². The van der Waals surface area contributed by atoms with Gasteiger partial charge in [0.05, 0.1) is 18.9 Å². The van der Waals surface area contributed by atoms with Crippen molar-refractivity contribution in [2.24, 2.45) is 0 Å². The van der Waals surface area contributed by atoms with E-state index in [-0.39, 0.29) is 0 Å². The number of rotatable bonds is 1. The summed E-state index contributed by atoms with van der Waals surface area (Å²) in [6.45, 7) is 3.45. The van der Waals surface area contributed by atoms with Gasteiger partial charge < -0.3 is 9.64 Å². The van der Waals surface area contributed by atoms with Gasteiger partial charge in [-0.2, -0.15) is 0 Å². The molecule has 1 saturated heterocycles. The number of hydrogen-bond donors (Lipinski definition) is 0. The molecule has 3 rings (SSSR count). The van der Waals surface area contributed by atoms with Crippen molar-refractivity contribution in [3.8, 4) is 0 Å². The largest absolute Gasteiger partial charge is 0.378 e. The van der Waals surface area contributed by atoms with E-state index in [1.807, 2.05) is 6.07 Å². The number of thiocarbonyl (C=S) groups is 1. The van der Waals surface area contributed by atoms with Crippen molar-refractivity contribution >= 4 is 23.2 Å². The third-order valence-electron chi connectivity index (χ3n) is 3.18. The first-order chi connectivity index (χ1) is 8.34. The third-order valence-corrected chi connectivity index (χ3v) is 3.51. The zero-order valence-corrected chi connectivity index (χ0v) is 10.4. The topological polar surface area (TPSA) is 12.5 Å². The van der Waals surface area contributed by atoms with Crippen LogP contribution in [0.2, 0.25) is 0 Å². The van der Waals surface area contributed by atoms with Gasteiger partial charge >= 0.3 is 0 Å². The summed E-state index contributed by atoms with van der Waals surface area (Å²) in [7, 11) is 0. The minimum absolute atomic E-state index is 0.793. The first kappa shape index (κ1) is 10.9. The lowest BCUT2D eigenvalue weighted by Gasteiger charge is -2.33. The number of morpholine rings is 1. The number of fused-ring (bicyclic) bond motifs is 1. The average molecular weight is 244 g/mol. The molecule has 1 heterocycles. The van der Waals surface area contributed by atoms with Crippen LogP contribution in [-0.4, -0.2) is 36.1 Å². The molecule has 0 unspecified atom stereocenters. The van der Waals surface area contributed by atoms with Crippen LogP contribution in [0, 0.1) is 6.42 Å². The van der Waals surface area contributed by atoms with Crippen LogP contribution < -0.4 is 0 Å². The molecule has 3 heteroatoms. The first-order valence-electron chi connectivity index (χ1n) is 5.87. The maximum atomic E-state index is 5.48. The minimum Gasteiger partial charge on any atom is -0.378 e. The molecule has 17 heavy (non-hydrogen) atoms. The molecular formula is C14H14NOS. The highest BCUT2D eigenvalue weighted by atomic mass is 32.1. The molecule has 0 N–H and O–H groups in total. The number of nitrogens with zero attached hydrogens (tertiary/aromatic N) is 1. The summed E-state index contributed by atoms with van der Waals surface area (Å²) in [6, 6.07) is 8.35. The van der Waals surface area contributed by atoms with E-state index in [2.05, 4.69) is 35.6 Å². The molecule has 0 saturated carbocycles. The van der Waals surface area contributed by atoms with Gasteiger partial charge in [-0.1, -0.05) is 36.5 Å². The van der Waals surface area contributed by atoms with Crippen molar-refractivity contribution in [1.29, 1.82) is 0 Å². The summed E-state index contributed by atoms with van der Waals surface area (Å²) in [6.07, 6.45) is 4.29. The normalized spacial score (nSPS) is 19.9. The molecule has 0 atom stereocenters. The molecule has 87 valence electrons. The van der Waals surface area contributed by atoms with Crippen molar-refractivity contribution in [1.82, 2.24) is 4.90 Å². The van der Waals surface area contributed by atoms with E-state index in [4.69, 9.17) is 17.0 Å². The molecule has 2 aliphatic rings. The van der Waals surface area contributed by atoms with Crippen molar-refractivity contribution in [3.05, 3.63) is 47.5 Å². The molecule has 0 spiro atoms. The highest BCUT2D eigenvalue weighted by Crippen LogP contribution is 2.26. The van der Waals surface area contributed by atoms with Gasteiger partial charge in [-0.05, 0) is 17.2 Å². The van der Waals surface area contributed by atoms with Crippen molar-refractivity contribution in [2.45, 2.75) is 0 Å². The van der Waals surface area contributed by atoms with Crippen LogP contribution in [0.1, 0.15) is 11.1 Å². The van der Waals surface area contributed by atoms with Crippen LogP contribution in [0.15, 0.2) is 30.0 Å². The zero-order valence-electron chi connectivity index (χ0n) is 9.56. The maximum absolute atomic E-state index is 5.48. The fourth-order valence-corrected chi connectivity index (χ4v) is 2.57. The fraction of sp³-hybridized carbons (Fsp3) is 0.286. The van der Waals surface area contributed by atoms with E-state index in [9.17, 15) is 0 Å². The predicted molar refractivity (Wildman–Crippen MR) is 72.8 cm³/mol. The molecule has 0 amide bonds. The second kappa shape index (κ2) is 4.59. The predicted octanol–water partition coefficient (Wildman–Crippen LogP) is 2.30. The van der Waals surface area contributed by atoms with E-state index in [1.54, 1.807) is 0 Å². The second-order valence-corrected chi connectivity index (χ2v) is 4.71. The first-order valence-corrected chi connectivity index (χ1v) is 6.28. The number of hydrogen-bond acceptors (Lipinski definition) is 3. The summed E-state index contributed by atoms with van der Waals surface area (Å²) in [5.41, 5.74) is 3.64. The number of benzene rings is 1. The lowest BCUT2D eigenvalue weighted by atomic mass is 9.94. The maximum Gasteiger partial charge on any atom is 0.0642 e. The molecule has 1 aromatic rings. The molecule has 2 nitrogen and oxygen atoms in total. The Morgan fingerprint density at radius 3 is 2.53 bits per heavy atom. The Kier molecular flexibility index (Phi) is 2.95. The van der Waals surface area contributed by atoms with E-state index >= 15 is 0 Å². The molecule has 0 bridgehead atoms. The van der Waals surface area contributed by atoms with Crippen molar-refractivity contribution in [3.63, 3.8) is 0 Å². The molecule has 1 fully saturated rings. The molecule has 1 radical (unpaired) electrons. The summed E-state index contributed by atoms with van der Waals surface area (Å²) >= 11 is 5.48. The van der Waals surface area contributed by atoms with E-state index in [0.717, 1.165) is 31.2 Å². The van der Waals surface area contributed by atoms with Crippen LogP contribution in [0.5, 0.6) is 0 Å². The van der Waals surface area contributed by atoms with Gasteiger partial charge in [-0.25, -0.2) is 0 Å². The van der Waals surface area contributed by atoms with Gasteiger partial charge in [0, 0.05) is 24.4 Å². The Labute approximate surface area is 107 Å². The lowest BCUT2D eigenvalue weighted by Crippen LogP contribution is -2.38. The Bertz CT molecular complexity index is 475. The van der Waals surface area contributed by atoms with Gasteiger partial charge in [0.2, 0.25) is 0 Å². The quantitative estimate of drug-likeness (QED) is 0.703. The monoisotopic (exact) mass is 244 g/mol. The van der Waals surface area contributed by atoms with Gasteiger partial charge in [0.25, 0.3) is 0 Å². The van der Waals surface area contributed by atoms with E-state index in [1.165, 1.54) is 16.8 Å². The Hall–Kier alpha value is -1.19. The SMILES string of the molecule is S=C1[CH]c2ccccc2C=C1N1CCOCC1. The van der Waals surface area contributed by atoms with Crippen LogP contribution in [0.4, 0.5) is 0 Å². The summed E-state index contributed by atoms with van der Waals surface area (Å²) in [5, 5.41) is 0. The van der Waals surface area contributed by atoms with Crippen molar-refractivity contribution < 1.29 is 4.74 Å². The molecule has 1 aliphatic heterocycles. The van der Waals surface area contributed by atoms with Crippen LogP contribution in [0.3, 0.4) is 0 Å². The third kappa shape index (κ3) is 2.13. The minimum atomic E-state index is 0.793. The average Bonchev–Trinajstić information content (AvgIpc) is 2.39. The van der Waals surface area contributed by atoms with E-state index < -0.39 is 0 Å². The summed E-state index contributed by atoms with van der Waals surface area (Å²) in [4.78, 5) is 3.25.